The van der Waals surface area contributed by atoms with Crippen LogP contribution in [0.4, 0.5) is 4.39 Å². The van der Waals surface area contributed by atoms with Crippen LogP contribution in [0.5, 0.6) is 0 Å². The van der Waals surface area contributed by atoms with Crippen molar-refractivity contribution in [1.82, 2.24) is 5.32 Å². The lowest BCUT2D eigenvalue weighted by Crippen LogP contribution is -2.30. The van der Waals surface area contributed by atoms with Gasteiger partial charge in [-0.2, -0.15) is 0 Å². The van der Waals surface area contributed by atoms with Gasteiger partial charge < -0.3 is 5.32 Å². The summed E-state index contributed by atoms with van der Waals surface area (Å²) >= 11 is 0. The zero-order chi connectivity index (χ0) is 14.5. The summed E-state index contributed by atoms with van der Waals surface area (Å²) in [6, 6.07) is 12.7. The Labute approximate surface area is 116 Å². The van der Waals surface area contributed by atoms with Crippen LogP contribution in [-0.4, -0.2) is 18.2 Å². The van der Waals surface area contributed by atoms with E-state index in [-0.39, 0.29) is 17.9 Å². The summed E-state index contributed by atoms with van der Waals surface area (Å²) < 4.78 is 13.1. The Morgan fingerprint density at radius 2 is 1.80 bits per heavy atom. The van der Waals surface area contributed by atoms with Gasteiger partial charge in [-0.15, -0.1) is 0 Å². The minimum Gasteiger partial charge on any atom is -0.345 e. The molecule has 2 aromatic carbocycles. The van der Waals surface area contributed by atoms with Crippen molar-refractivity contribution in [2.75, 3.05) is 6.54 Å². The summed E-state index contributed by atoms with van der Waals surface area (Å²) in [6.45, 7) is 1.60. The standard InChI is InChI=1S/C16H14FNO2/c1-11-7-8-13(17)9-14(11)16(20)18-10-15(19)12-5-3-2-4-6-12/h2-9H,10H2,1H3,(H,18,20). The fourth-order valence-corrected chi connectivity index (χ4v) is 1.82. The minimum absolute atomic E-state index is 0.112. The molecule has 0 spiro atoms. The predicted molar refractivity (Wildman–Crippen MR) is 74.2 cm³/mol. The maximum absolute atomic E-state index is 13.1. The second-order valence-corrected chi connectivity index (χ2v) is 4.43. The molecule has 2 rings (SSSR count). The van der Waals surface area contributed by atoms with Gasteiger partial charge in [0.15, 0.2) is 5.78 Å². The number of halogens is 1. The van der Waals surface area contributed by atoms with E-state index in [1.165, 1.54) is 12.1 Å². The molecule has 2 aromatic rings. The molecule has 0 saturated carbocycles. The molecule has 0 aromatic heterocycles. The average Bonchev–Trinajstić information content (AvgIpc) is 2.47. The molecule has 3 nitrogen and oxygen atoms in total. The summed E-state index contributed by atoms with van der Waals surface area (Å²) in [5, 5.41) is 2.51. The largest absolute Gasteiger partial charge is 0.345 e. The Morgan fingerprint density at radius 1 is 1.10 bits per heavy atom. The average molecular weight is 271 g/mol. The molecule has 1 N–H and O–H groups in total. The van der Waals surface area contributed by atoms with Crippen LogP contribution in [-0.2, 0) is 0 Å². The number of hydrogen-bond acceptors (Lipinski definition) is 2. The number of rotatable bonds is 4. The lowest BCUT2D eigenvalue weighted by Gasteiger charge is -2.07. The first-order chi connectivity index (χ1) is 9.58. The molecule has 102 valence electrons. The molecule has 4 heteroatoms. The first kappa shape index (κ1) is 13.9. The molecular formula is C16H14FNO2. The highest BCUT2D eigenvalue weighted by molar-refractivity contribution is 6.02. The lowest BCUT2D eigenvalue weighted by atomic mass is 10.1. The zero-order valence-corrected chi connectivity index (χ0v) is 11.0. The topological polar surface area (TPSA) is 46.2 Å². The predicted octanol–water partition coefficient (Wildman–Crippen LogP) is 2.75. The number of carbonyl (C=O) groups excluding carboxylic acids is 2. The van der Waals surface area contributed by atoms with E-state index in [4.69, 9.17) is 0 Å². The number of carbonyl (C=O) groups is 2. The van der Waals surface area contributed by atoms with E-state index in [1.807, 2.05) is 6.07 Å². The normalized spacial score (nSPS) is 10.1. The molecule has 1 amide bonds. The van der Waals surface area contributed by atoms with Gasteiger partial charge in [-0.1, -0.05) is 36.4 Å². The van der Waals surface area contributed by atoms with E-state index >= 15 is 0 Å². The van der Waals surface area contributed by atoms with E-state index in [0.29, 0.717) is 11.1 Å². The van der Waals surface area contributed by atoms with E-state index < -0.39 is 11.7 Å². The van der Waals surface area contributed by atoms with Gasteiger partial charge in [-0.05, 0) is 24.6 Å². The first-order valence-corrected chi connectivity index (χ1v) is 6.20. The van der Waals surface area contributed by atoms with E-state index in [2.05, 4.69) is 5.32 Å². The Kier molecular flexibility index (Phi) is 4.25. The number of benzene rings is 2. The monoisotopic (exact) mass is 271 g/mol. The third-order valence-electron chi connectivity index (χ3n) is 2.95. The number of hydrogen-bond donors (Lipinski definition) is 1. The van der Waals surface area contributed by atoms with Crippen molar-refractivity contribution in [3.05, 3.63) is 71.0 Å². The van der Waals surface area contributed by atoms with Crippen LogP contribution in [0.3, 0.4) is 0 Å². The quantitative estimate of drug-likeness (QED) is 0.869. The van der Waals surface area contributed by atoms with Crippen LogP contribution in [0, 0.1) is 12.7 Å². The van der Waals surface area contributed by atoms with Crippen molar-refractivity contribution in [2.45, 2.75) is 6.92 Å². The second-order valence-electron chi connectivity index (χ2n) is 4.43. The van der Waals surface area contributed by atoms with Gasteiger partial charge in [-0.3, -0.25) is 9.59 Å². The number of Topliss-reactive ketones (excluding diaryl/α,β-unsaturated/α-hetero) is 1. The smallest absolute Gasteiger partial charge is 0.252 e. The van der Waals surface area contributed by atoms with E-state index in [0.717, 1.165) is 6.07 Å². The van der Waals surface area contributed by atoms with Crippen LogP contribution in [0.15, 0.2) is 48.5 Å². The van der Waals surface area contributed by atoms with E-state index in [1.54, 1.807) is 31.2 Å². The Bertz CT molecular complexity index is 638. The number of nitrogens with one attached hydrogen (secondary N) is 1. The third kappa shape index (κ3) is 3.29. The molecule has 0 unspecified atom stereocenters. The SMILES string of the molecule is Cc1ccc(F)cc1C(=O)NCC(=O)c1ccccc1. The van der Waals surface area contributed by atoms with Crippen LogP contribution >= 0.6 is 0 Å². The van der Waals surface area contributed by atoms with Crippen molar-refractivity contribution in [1.29, 1.82) is 0 Å². The molecule has 0 atom stereocenters. The summed E-state index contributed by atoms with van der Waals surface area (Å²) in [6.07, 6.45) is 0. The van der Waals surface area contributed by atoms with Gasteiger partial charge in [-0.25, -0.2) is 4.39 Å². The molecule has 20 heavy (non-hydrogen) atoms. The maximum atomic E-state index is 13.1. The lowest BCUT2D eigenvalue weighted by molar-refractivity contribution is 0.0903. The molecular weight excluding hydrogens is 257 g/mol. The number of ketones is 1. The zero-order valence-electron chi connectivity index (χ0n) is 11.0. The van der Waals surface area contributed by atoms with Crippen LogP contribution in [0.25, 0.3) is 0 Å². The molecule has 0 bridgehead atoms. The highest BCUT2D eigenvalue weighted by Gasteiger charge is 2.12. The van der Waals surface area contributed by atoms with Crippen molar-refractivity contribution >= 4 is 11.7 Å². The molecule has 0 radical (unpaired) electrons. The van der Waals surface area contributed by atoms with Crippen LogP contribution < -0.4 is 5.32 Å². The highest BCUT2D eigenvalue weighted by atomic mass is 19.1. The third-order valence-corrected chi connectivity index (χ3v) is 2.95. The molecule has 0 saturated heterocycles. The van der Waals surface area contributed by atoms with Crippen LogP contribution in [0.2, 0.25) is 0 Å². The van der Waals surface area contributed by atoms with Gasteiger partial charge in [0.1, 0.15) is 5.82 Å². The van der Waals surface area contributed by atoms with Gasteiger partial charge >= 0.3 is 0 Å². The Morgan fingerprint density at radius 3 is 2.50 bits per heavy atom. The summed E-state index contributed by atoms with van der Waals surface area (Å²) in [5.74, 6) is -1.12. The van der Waals surface area contributed by atoms with Crippen molar-refractivity contribution in [3.63, 3.8) is 0 Å². The van der Waals surface area contributed by atoms with Gasteiger partial charge in [0.25, 0.3) is 5.91 Å². The van der Waals surface area contributed by atoms with Crippen LogP contribution in [0.1, 0.15) is 26.3 Å². The fraction of sp³-hybridized carbons (Fsp3) is 0.125. The first-order valence-electron chi connectivity index (χ1n) is 6.20. The van der Waals surface area contributed by atoms with Crippen molar-refractivity contribution in [3.8, 4) is 0 Å². The van der Waals surface area contributed by atoms with Crippen molar-refractivity contribution < 1.29 is 14.0 Å². The summed E-state index contributed by atoms with van der Waals surface area (Å²) in [5.41, 5.74) is 1.44. The number of amides is 1. The maximum Gasteiger partial charge on any atom is 0.252 e. The highest BCUT2D eigenvalue weighted by Crippen LogP contribution is 2.10. The summed E-state index contributed by atoms with van der Waals surface area (Å²) in [4.78, 5) is 23.8. The molecule has 0 aliphatic carbocycles. The second kappa shape index (κ2) is 6.10. The van der Waals surface area contributed by atoms with Gasteiger partial charge in [0, 0.05) is 11.1 Å². The van der Waals surface area contributed by atoms with Crippen molar-refractivity contribution in [2.24, 2.45) is 0 Å². The minimum atomic E-state index is -0.477. The van der Waals surface area contributed by atoms with E-state index in [9.17, 15) is 14.0 Å². The summed E-state index contributed by atoms with van der Waals surface area (Å²) in [7, 11) is 0. The molecule has 0 aliphatic heterocycles. The Hall–Kier alpha value is -2.49. The fourth-order valence-electron chi connectivity index (χ4n) is 1.82. The molecule has 0 aliphatic rings. The number of aryl methyl sites for hydroxylation is 1. The van der Waals surface area contributed by atoms with Gasteiger partial charge in [0.05, 0.1) is 6.54 Å². The Balaban J connectivity index is 2.02. The molecule has 0 heterocycles. The molecule has 0 fully saturated rings. The van der Waals surface area contributed by atoms with Gasteiger partial charge in [0.2, 0.25) is 0 Å².